The molecular formula is C18H18F2N2O2. The van der Waals surface area contributed by atoms with Gasteiger partial charge >= 0.3 is 0 Å². The molecule has 0 radical (unpaired) electrons. The molecule has 1 aromatic heterocycles. The van der Waals surface area contributed by atoms with Crippen molar-refractivity contribution in [2.24, 2.45) is 0 Å². The van der Waals surface area contributed by atoms with Gasteiger partial charge in [0.2, 0.25) is 0 Å². The standard InChI is InChI=1S/C18H18F2N2O2/c19-13-4-1-3-12(11-13)18(24)8-6-14(7-9-18)22-17(23)16-15(20)5-2-10-21-16/h1-5,10-11,14,24H,6-9H2,(H,22,23). The number of benzene rings is 1. The number of pyridine rings is 1. The third kappa shape index (κ3) is 3.43. The van der Waals surface area contributed by atoms with Crippen molar-refractivity contribution in [1.29, 1.82) is 0 Å². The largest absolute Gasteiger partial charge is 0.385 e. The second-order valence-electron chi connectivity index (χ2n) is 6.12. The summed E-state index contributed by atoms with van der Waals surface area (Å²) in [5.41, 5.74) is -0.786. The van der Waals surface area contributed by atoms with Crippen molar-refractivity contribution in [3.8, 4) is 0 Å². The van der Waals surface area contributed by atoms with Crippen LogP contribution in [-0.4, -0.2) is 22.0 Å². The number of nitrogens with zero attached hydrogens (tertiary/aromatic N) is 1. The third-order valence-electron chi connectivity index (χ3n) is 4.48. The molecule has 4 nitrogen and oxygen atoms in total. The fourth-order valence-electron chi connectivity index (χ4n) is 3.11. The predicted octanol–water partition coefficient (Wildman–Crippen LogP) is 2.92. The Morgan fingerprint density at radius 1 is 1.21 bits per heavy atom. The van der Waals surface area contributed by atoms with E-state index in [2.05, 4.69) is 10.3 Å². The van der Waals surface area contributed by atoms with E-state index in [1.54, 1.807) is 12.1 Å². The fraction of sp³-hybridized carbons (Fsp3) is 0.333. The quantitative estimate of drug-likeness (QED) is 0.908. The Labute approximate surface area is 138 Å². The van der Waals surface area contributed by atoms with Gasteiger partial charge in [-0.2, -0.15) is 0 Å². The van der Waals surface area contributed by atoms with Crippen LogP contribution in [0.25, 0.3) is 0 Å². The van der Waals surface area contributed by atoms with Crippen LogP contribution in [0.1, 0.15) is 41.7 Å². The van der Waals surface area contributed by atoms with Crippen molar-refractivity contribution < 1.29 is 18.7 Å². The van der Waals surface area contributed by atoms with Crippen LogP contribution >= 0.6 is 0 Å². The molecule has 3 rings (SSSR count). The Balaban J connectivity index is 1.63. The summed E-state index contributed by atoms with van der Waals surface area (Å²) in [5.74, 6) is -1.61. The van der Waals surface area contributed by atoms with Crippen molar-refractivity contribution in [2.75, 3.05) is 0 Å². The lowest BCUT2D eigenvalue weighted by Gasteiger charge is -2.36. The number of carbonyl (C=O) groups is 1. The zero-order valence-electron chi connectivity index (χ0n) is 13.0. The molecule has 2 N–H and O–H groups in total. The van der Waals surface area contributed by atoms with E-state index in [-0.39, 0.29) is 17.6 Å². The molecule has 1 heterocycles. The highest BCUT2D eigenvalue weighted by molar-refractivity contribution is 5.92. The number of carbonyl (C=O) groups excluding carboxylic acids is 1. The highest BCUT2D eigenvalue weighted by Gasteiger charge is 2.35. The highest BCUT2D eigenvalue weighted by Crippen LogP contribution is 2.37. The second kappa shape index (κ2) is 6.65. The molecule has 2 aromatic rings. The summed E-state index contributed by atoms with van der Waals surface area (Å²) < 4.78 is 26.9. The Morgan fingerprint density at radius 3 is 2.62 bits per heavy atom. The Bertz CT molecular complexity index is 743. The average Bonchev–Trinajstić information content (AvgIpc) is 2.57. The zero-order chi connectivity index (χ0) is 17.2. The maximum absolute atomic E-state index is 13.6. The summed E-state index contributed by atoms with van der Waals surface area (Å²) in [4.78, 5) is 15.8. The van der Waals surface area contributed by atoms with Crippen LogP contribution in [0.15, 0.2) is 42.6 Å². The molecule has 0 aliphatic heterocycles. The van der Waals surface area contributed by atoms with Gasteiger partial charge in [-0.05, 0) is 55.5 Å². The molecule has 0 atom stereocenters. The average molecular weight is 332 g/mol. The summed E-state index contributed by atoms with van der Waals surface area (Å²) >= 11 is 0. The smallest absolute Gasteiger partial charge is 0.273 e. The maximum atomic E-state index is 13.6. The van der Waals surface area contributed by atoms with E-state index in [1.165, 1.54) is 30.5 Å². The lowest BCUT2D eigenvalue weighted by molar-refractivity contribution is -0.00830. The van der Waals surface area contributed by atoms with E-state index in [1.807, 2.05) is 0 Å². The van der Waals surface area contributed by atoms with Crippen LogP contribution in [0.4, 0.5) is 8.78 Å². The minimum absolute atomic E-state index is 0.173. The van der Waals surface area contributed by atoms with E-state index in [9.17, 15) is 18.7 Å². The highest BCUT2D eigenvalue weighted by atomic mass is 19.1. The number of nitrogens with one attached hydrogen (secondary N) is 1. The van der Waals surface area contributed by atoms with Crippen molar-refractivity contribution >= 4 is 5.91 Å². The molecule has 1 aliphatic rings. The predicted molar refractivity (Wildman–Crippen MR) is 84.2 cm³/mol. The Hall–Kier alpha value is -2.34. The second-order valence-corrected chi connectivity index (χ2v) is 6.12. The molecule has 0 saturated heterocycles. The zero-order valence-corrected chi connectivity index (χ0v) is 13.0. The molecule has 6 heteroatoms. The monoisotopic (exact) mass is 332 g/mol. The topological polar surface area (TPSA) is 62.2 Å². The summed E-state index contributed by atoms with van der Waals surface area (Å²) in [6, 6.07) is 8.37. The van der Waals surface area contributed by atoms with Gasteiger partial charge in [-0.15, -0.1) is 0 Å². The number of halogens is 2. The molecule has 1 aromatic carbocycles. The number of hydrogen-bond acceptors (Lipinski definition) is 3. The van der Waals surface area contributed by atoms with Gasteiger partial charge in [0.15, 0.2) is 11.5 Å². The molecule has 24 heavy (non-hydrogen) atoms. The first-order valence-corrected chi connectivity index (χ1v) is 7.88. The molecule has 1 aliphatic carbocycles. The molecule has 126 valence electrons. The van der Waals surface area contributed by atoms with Crippen molar-refractivity contribution in [1.82, 2.24) is 10.3 Å². The van der Waals surface area contributed by atoms with E-state index >= 15 is 0 Å². The van der Waals surface area contributed by atoms with Crippen LogP contribution in [0, 0.1) is 11.6 Å². The number of aliphatic hydroxyl groups is 1. The van der Waals surface area contributed by atoms with Gasteiger partial charge < -0.3 is 10.4 Å². The van der Waals surface area contributed by atoms with Gasteiger partial charge in [0, 0.05) is 12.2 Å². The van der Waals surface area contributed by atoms with Crippen LogP contribution in [0.5, 0.6) is 0 Å². The number of hydrogen-bond donors (Lipinski definition) is 2. The van der Waals surface area contributed by atoms with Gasteiger partial charge in [-0.3, -0.25) is 4.79 Å². The van der Waals surface area contributed by atoms with E-state index < -0.39 is 17.3 Å². The molecule has 0 spiro atoms. The van der Waals surface area contributed by atoms with Crippen LogP contribution in [-0.2, 0) is 5.60 Å². The van der Waals surface area contributed by atoms with Crippen LogP contribution in [0.2, 0.25) is 0 Å². The fourth-order valence-corrected chi connectivity index (χ4v) is 3.11. The minimum atomic E-state index is -1.10. The first-order chi connectivity index (χ1) is 11.5. The molecule has 0 unspecified atom stereocenters. The summed E-state index contributed by atoms with van der Waals surface area (Å²) in [7, 11) is 0. The van der Waals surface area contributed by atoms with Gasteiger partial charge in [-0.25, -0.2) is 13.8 Å². The lowest BCUT2D eigenvalue weighted by Crippen LogP contribution is -2.42. The van der Waals surface area contributed by atoms with Gasteiger partial charge in [-0.1, -0.05) is 12.1 Å². The Morgan fingerprint density at radius 2 is 1.96 bits per heavy atom. The van der Waals surface area contributed by atoms with Gasteiger partial charge in [0.1, 0.15) is 5.82 Å². The SMILES string of the molecule is O=C(NC1CCC(O)(c2cccc(F)c2)CC1)c1ncccc1F. The van der Waals surface area contributed by atoms with E-state index in [0.717, 1.165) is 0 Å². The Kier molecular flexibility index (Phi) is 4.57. The third-order valence-corrected chi connectivity index (χ3v) is 4.48. The number of rotatable bonds is 3. The van der Waals surface area contributed by atoms with Crippen molar-refractivity contribution in [3.63, 3.8) is 0 Å². The normalized spacial score (nSPS) is 23.7. The van der Waals surface area contributed by atoms with Crippen LogP contribution in [0.3, 0.4) is 0 Å². The minimum Gasteiger partial charge on any atom is -0.385 e. The first-order valence-electron chi connectivity index (χ1n) is 7.88. The van der Waals surface area contributed by atoms with E-state index in [0.29, 0.717) is 31.2 Å². The van der Waals surface area contributed by atoms with Gasteiger partial charge in [0.25, 0.3) is 5.91 Å². The molecule has 1 amide bonds. The molecule has 0 bridgehead atoms. The van der Waals surface area contributed by atoms with Crippen molar-refractivity contribution in [3.05, 3.63) is 65.5 Å². The lowest BCUT2D eigenvalue weighted by atomic mass is 9.77. The maximum Gasteiger partial charge on any atom is 0.273 e. The number of amides is 1. The van der Waals surface area contributed by atoms with Gasteiger partial charge in [0.05, 0.1) is 5.60 Å². The molecule has 1 saturated carbocycles. The summed E-state index contributed by atoms with van der Waals surface area (Å²) in [6.07, 6.45) is 3.19. The number of aromatic nitrogens is 1. The summed E-state index contributed by atoms with van der Waals surface area (Å²) in [6.45, 7) is 0. The first kappa shape index (κ1) is 16.5. The molecule has 1 fully saturated rings. The van der Waals surface area contributed by atoms with Crippen LogP contribution < -0.4 is 5.32 Å². The summed E-state index contributed by atoms with van der Waals surface area (Å²) in [5, 5.41) is 13.5. The molecular weight excluding hydrogens is 314 g/mol. The van der Waals surface area contributed by atoms with E-state index in [4.69, 9.17) is 0 Å². The van der Waals surface area contributed by atoms with Crippen molar-refractivity contribution in [2.45, 2.75) is 37.3 Å².